The molecule has 1 aliphatic rings. The van der Waals surface area contributed by atoms with E-state index < -0.39 is 12.0 Å². The monoisotopic (exact) mass is 247 g/mol. The molecule has 2 rings (SSSR count). The van der Waals surface area contributed by atoms with Crippen molar-refractivity contribution in [2.75, 3.05) is 13.1 Å². The number of carboxylic acid groups (broad SMARTS) is 1. The minimum atomic E-state index is -0.756. The van der Waals surface area contributed by atoms with Crippen molar-refractivity contribution in [2.45, 2.75) is 26.8 Å². The zero-order valence-corrected chi connectivity index (χ0v) is 11.3. The fourth-order valence-electron chi connectivity index (χ4n) is 2.42. The summed E-state index contributed by atoms with van der Waals surface area (Å²) in [5.41, 5.74) is 1.13. The van der Waals surface area contributed by atoms with Crippen LogP contribution in [0.25, 0.3) is 0 Å². The summed E-state index contributed by atoms with van der Waals surface area (Å²) < 4.78 is 0. The first-order valence-electron chi connectivity index (χ1n) is 6.41. The minimum Gasteiger partial charge on any atom is -0.480 e. The number of likely N-dealkylation sites (tertiary alicyclic amines) is 1. The molecule has 0 amide bonds. The van der Waals surface area contributed by atoms with E-state index in [2.05, 4.69) is 20.8 Å². The third-order valence-electron chi connectivity index (χ3n) is 3.85. The van der Waals surface area contributed by atoms with Gasteiger partial charge in [-0.15, -0.1) is 0 Å². The molecular weight excluding hydrogens is 226 g/mol. The van der Waals surface area contributed by atoms with Gasteiger partial charge in [-0.2, -0.15) is 0 Å². The summed E-state index contributed by atoms with van der Waals surface area (Å²) in [4.78, 5) is 13.5. The standard InChI is InChI=1S/C15H21NO2/c1-15(2,3)12-9-16(10-12)13(14(17)18)11-7-5-4-6-8-11/h4-8,12-13H,9-10H2,1-3H3,(H,17,18). The van der Waals surface area contributed by atoms with Crippen molar-refractivity contribution in [3.8, 4) is 0 Å². The fourth-order valence-corrected chi connectivity index (χ4v) is 2.42. The maximum atomic E-state index is 11.4. The van der Waals surface area contributed by atoms with Crippen molar-refractivity contribution in [3.63, 3.8) is 0 Å². The average molecular weight is 247 g/mol. The van der Waals surface area contributed by atoms with Gasteiger partial charge in [0.15, 0.2) is 0 Å². The van der Waals surface area contributed by atoms with Gasteiger partial charge in [-0.1, -0.05) is 51.1 Å². The molecule has 1 aromatic rings. The number of hydrogen-bond donors (Lipinski definition) is 1. The summed E-state index contributed by atoms with van der Waals surface area (Å²) in [6, 6.07) is 8.99. The first-order valence-corrected chi connectivity index (χ1v) is 6.41. The molecule has 0 aromatic heterocycles. The van der Waals surface area contributed by atoms with Crippen molar-refractivity contribution >= 4 is 5.97 Å². The van der Waals surface area contributed by atoms with Gasteiger partial charge in [-0.25, -0.2) is 0 Å². The highest BCUT2D eigenvalue weighted by atomic mass is 16.4. The summed E-state index contributed by atoms with van der Waals surface area (Å²) >= 11 is 0. The molecule has 0 bridgehead atoms. The molecule has 3 heteroatoms. The molecule has 1 unspecified atom stereocenters. The Morgan fingerprint density at radius 3 is 2.28 bits per heavy atom. The molecule has 98 valence electrons. The van der Waals surface area contributed by atoms with Crippen LogP contribution >= 0.6 is 0 Å². The maximum Gasteiger partial charge on any atom is 0.325 e. The highest BCUT2D eigenvalue weighted by Crippen LogP contribution is 2.38. The van der Waals surface area contributed by atoms with Crippen LogP contribution in [0, 0.1) is 11.3 Å². The Balaban J connectivity index is 2.09. The highest BCUT2D eigenvalue weighted by Gasteiger charge is 2.41. The van der Waals surface area contributed by atoms with Crippen LogP contribution in [0.5, 0.6) is 0 Å². The van der Waals surface area contributed by atoms with Crippen LogP contribution in [0.2, 0.25) is 0 Å². The van der Waals surface area contributed by atoms with E-state index in [4.69, 9.17) is 0 Å². The molecule has 1 saturated heterocycles. The number of rotatable bonds is 3. The Morgan fingerprint density at radius 1 is 1.28 bits per heavy atom. The number of carbonyl (C=O) groups is 1. The second kappa shape index (κ2) is 4.73. The smallest absolute Gasteiger partial charge is 0.325 e. The van der Waals surface area contributed by atoms with E-state index in [0.717, 1.165) is 18.7 Å². The minimum absolute atomic E-state index is 0.260. The Labute approximate surface area is 108 Å². The van der Waals surface area contributed by atoms with Crippen molar-refractivity contribution in [3.05, 3.63) is 35.9 Å². The van der Waals surface area contributed by atoms with Gasteiger partial charge in [-0.3, -0.25) is 9.69 Å². The maximum absolute atomic E-state index is 11.4. The lowest BCUT2D eigenvalue weighted by Gasteiger charge is -2.48. The van der Waals surface area contributed by atoms with Gasteiger partial charge in [0, 0.05) is 13.1 Å². The largest absolute Gasteiger partial charge is 0.480 e. The lowest BCUT2D eigenvalue weighted by molar-refractivity contribution is -0.148. The van der Waals surface area contributed by atoms with Gasteiger partial charge in [-0.05, 0) is 16.9 Å². The molecule has 1 fully saturated rings. The van der Waals surface area contributed by atoms with Crippen molar-refractivity contribution in [1.82, 2.24) is 4.90 Å². The van der Waals surface area contributed by atoms with Gasteiger partial charge < -0.3 is 5.11 Å². The van der Waals surface area contributed by atoms with E-state index in [9.17, 15) is 9.90 Å². The van der Waals surface area contributed by atoms with Crippen LogP contribution in [-0.2, 0) is 4.79 Å². The van der Waals surface area contributed by atoms with E-state index in [-0.39, 0.29) is 5.41 Å². The van der Waals surface area contributed by atoms with Gasteiger partial charge in [0.2, 0.25) is 0 Å². The Morgan fingerprint density at radius 2 is 1.83 bits per heavy atom. The lowest BCUT2D eigenvalue weighted by atomic mass is 9.75. The van der Waals surface area contributed by atoms with Crippen molar-refractivity contribution in [1.29, 1.82) is 0 Å². The van der Waals surface area contributed by atoms with Crippen LogP contribution in [0.3, 0.4) is 0 Å². The molecule has 1 atom stereocenters. The molecule has 1 aromatic carbocycles. The third-order valence-corrected chi connectivity index (χ3v) is 3.85. The lowest BCUT2D eigenvalue weighted by Crippen LogP contribution is -2.54. The summed E-state index contributed by atoms with van der Waals surface area (Å²) in [7, 11) is 0. The van der Waals surface area contributed by atoms with E-state index in [0.29, 0.717) is 5.92 Å². The second-order valence-corrected chi connectivity index (χ2v) is 6.17. The molecule has 0 saturated carbocycles. The van der Waals surface area contributed by atoms with E-state index >= 15 is 0 Å². The predicted octanol–water partition coefficient (Wildman–Crippen LogP) is 2.79. The second-order valence-electron chi connectivity index (χ2n) is 6.17. The van der Waals surface area contributed by atoms with E-state index in [1.54, 1.807) is 0 Å². The van der Waals surface area contributed by atoms with Crippen LogP contribution < -0.4 is 0 Å². The van der Waals surface area contributed by atoms with E-state index in [1.807, 2.05) is 35.2 Å². The van der Waals surface area contributed by atoms with Crippen LogP contribution in [-0.4, -0.2) is 29.1 Å². The predicted molar refractivity (Wildman–Crippen MR) is 71.3 cm³/mol. The molecule has 3 nitrogen and oxygen atoms in total. The summed E-state index contributed by atoms with van der Waals surface area (Å²) in [5, 5.41) is 9.41. The molecule has 0 aliphatic carbocycles. The summed E-state index contributed by atoms with van der Waals surface area (Å²) in [6.07, 6.45) is 0. The SMILES string of the molecule is CC(C)(C)C1CN(C(C(=O)O)c2ccccc2)C1. The molecule has 1 heterocycles. The van der Waals surface area contributed by atoms with Crippen molar-refractivity contribution in [2.24, 2.45) is 11.3 Å². The van der Waals surface area contributed by atoms with Crippen molar-refractivity contribution < 1.29 is 9.90 Å². The van der Waals surface area contributed by atoms with Crippen LogP contribution in [0.15, 0.2) is 30.3 Å². The summed E-state index contributed by atoms with van der Waals surface area (Å²) in [6.45, 7) is 8.39. The average Bonchev–Trinajstić information content (AvgIpc) is 2.21. The third kappa shape index (κ3) is 2.56. The quantitative estimate of drug-likeness (QED) is 0.893. The molecular formula is C15H21NO2. The van der Waals surface area contributed by atoms with Crippen LogP contribution in [0.1, 0.15) is 32.4 Å². The Hall–Kier alpha value is -1.35. The molecule has 1 N–H and O–H groups in total. The zero-order valence-electron chi connectivity index (χ0n) is 11.3. The van der Waals surface area contributed by atoms with Gasteiger partial charge >= 0.3 is 5.97 Å². The molecule has 18 heavy (non-hydrogen) atoms. The number of hydrogen-bond acceptors (Lipinski definition) is 2. The normalized spacial score (nSPS) is 19.3. The fraction of sp³-hybridized carbons (Fsp3) is 0.533. The molecule has 0 radical (unpaired) electrons. The zero-order chi connectivity index (χ0) is 13.3. The number of carboxylic acids is 1. The van der Waals surface area contributed by atoms with Crippen LogP contribution in [0.4, 0.5) is 0 Å². The van der Waals surface area contributed by atoms with E-state index in [1.165, 1.54) is 0 Å². The topological polar surface area (TPSA) is 40.5 Å². The first-order chi connectivity index (χ1) is 8.39. The molecule has 1 aliphatic heterocycles. The Kier molecular flexibility index (Phi) is 3.44. The number of aliphatic carboxylic acids is 1. The summed E-state index contributed by atoms with van der Waals surface area (Å²) in [5.74, 6) is -0.170. The highest BCUT2D eigenvalue weighted by molar-refractivity contribution is 5.75. The number of benzene rings is 1. The Bertz CT molecular complexity index is 416. The van der Waals surface area contributed by atoms with Gasteiger partial charge in [0.1, 0.15) is 6.04 Å². The van der Waals surface area contributed by atoms with Gasteiger partial charge in [0.05, 0.1) is 0 Å². The molecule has 0 spiro atoms. The first kappa shape index (κ1) is 13.1. The number of nitrogens with zero attached hydrogens (tertiary/aromatic N) is 1. The van der Waals surface area contributed by atoms with Gasteiger partial charge in [0.25, 0.3) is 0 Å².